The Bertz CT molecular complexity index is 559. The fourth-order valence-corrected chi connectivity index (χ4v) is 1.77. The number of nitrogens with one attached hydrogen (secondary N) is 1. The molecule has 18 heavy (non-hydrogen) atoms. The third-order valence-electron chi connectivity index (χ3n) is 2.65. The maximum Gasteiger partial charge on any atom is 0.255 e. The van der Waals surface area contributed by atoms with E-state index in [1.165, 1.54) is 0 Å². The van der Waals surface area contributed by atoms with E-state index in [2.05, 4.69) is 5.32 Å². The first-order chi connectivity index (χ1) is 8.58. The Morgan fingerprint density at radius 1 is 1.17 bits per heavy atom. The van der Waals surface area contributed by atoms with Gasteiger partial charge in [-0.2, -0.15) is 0 Å². The third kappa shape index (κ3) is 2.63. The van der Waals surface area contributed by atoms with E-state index < -0.39 is 0 Å². The summed E-state index contributed by atoms with van der Waals surface area (Å²) in [5.41, 5.74) is 8.51. The number of amides is 1. The zero-order chi connectivity index (χ0) is 13.1. The van der Waals surface area contributed by atoms with Gasteiger partial charge in [0, 0.05) is 10.6 Å². The van der Waals surface area contributed by atoms with E-state index in [1.807, 2.05) is 19.1 Å². The van der Waals surface area contributed by atoms with Crippen LogP contribution in [-0.2, 0) is 0 Å². The van der Waals surface area contributed by atoms with Crippen LogP contribution in [0.5, 0.6) is 0 Å². The van der Waals surface area contributed by atoms with Crippen molar-refractivity contribution in [1.82, 2.24) is 0 Å². The predicted octanol–water partition coefficient (Wildman–Crippen LogP) is 3.48. The molecule has 0 saturated heterocycles. The second kappa shape index (κ2) is 5.10. The summed E-state index contributed by atoms with van der Waals surface area (Å²) in [5.74, 6) is -0.201. The first-order valence-corrected chi connectivity index (χ1v) is 5.88. The fraction of sp³-hybridized carbons (Fsp3) is 0.0714. The lowest BCUT2D eigenvalue weighted by Gasteiger charge is -2.11. The van der Waals surface area contributed by atoms with E-state index in [0.29, 0.717) is 22.0 Å². The Balaban J connectivity index is 2.24. The van der Waals surface area contributed by atoms with Gasteiger partial charge in [-0.3, -0.25) is 4.79 Å². The van der Waals surface area contributed by atoms with Gasteiger partial charge in [0.1, 0.15) is 0 Å². The van der Waals surface area contributed by atoms with Gasteiger partial charge in [-0.15, -0.1) is 0 Å². The molecule has 0 saturated carbocycles. The standard InChI is InChI=1S/C14H13ClN2O/c1-9-3-2-4-12(16)13(9)17-14(18)10-5-7-11(15)8-6-10/h2-8H,16H2,1H3,(H,17,18). The molecule has 0 atom stereocenters. The summed E-state index contributed by atoms with van der Waals surface area (Å²) < 4.78 is 0. The Labute approximate surface area is 111 Å². The number of carbonyl (C=O) groups is 1. The molecular formula is C14H13ClN2O. The van der Waals surface area contributed by atoms with Crippen molar-refractivity contribution in [2.75, 3.05) is 11.1 Å². The number of hydrogen-bond donors (Lipinski definition) is 2. The number of hydrogen-bond acceptors (Lipinski definition) is 2. The van der Waals surface area contributed by atoms with Crippen LogP contribution in [0.1, 0.15) is 15.9 Å². The van der Waals surface area contributed by atoms with Crippen LogP contribution in [0.2, 0.25) is 5.02 Å². The van der Waals surface area contributed by atoms with Crippen LogP contribution >= 0.6 is 11.6 Å². The van der Waals surface area contributed by atoms with Gasteiger partial charge in [-0.1, -0.05) is 23.7 Å². The molecule has 2 rings (SSSR count). The van der Waals surface area contributed by atoms with Gasteiger partial charge in [-0.05, 0) is 42.8 Å². The molecule has 0 radical (unpaired) electrons. The summed E-state index contributed by atoms with van der Waals surface area (Å²) >= 11 is 5.78. The largest absolute Gasteiger partial charge is 0.397 e. The van der Waals surface area contributed by atoms with Crippen molar-refractivity contribution in [3.05, 3.63) is 58.6 Å². The van der Waals surface area contributed by atoms with Crippen LogP contribution in [0.25, 0.3) is 0 Å². The summed E-state index contributed by atoms with van der Waals surface area (Å²) in [5, 5.41) is 3.41. The molecule has 0 fully saturated rings. The van der Waals surface area contributed by atoms with Crippen LogP contribution in [0.15, 0.2) is 42.5 Å². The van der Waals surface area contributed by atoms with Gasteiger partial charge in [0.05, 0.1) is 11.4 Å². The average molecular weight is 261 g/mol. The highest BCUT2D eigenvalue weighted by Crippen LogP contribution is 2.23. The zero-order valence-electron chi connectivity index (χ0n) is 9.91. The SMILES string of the molecule is Cc1cccc(N)c1NC(=O)c1ccc(Cl)cc1. The van der Waals surface area contributed by atoms with Gasteiger partial charge in [0.2, 0.25) is 0 Å². The average Bonchev–Trinajstić information content (AvgIpc) is 2.34. The molecule has 0 spiro atoms. The maximum atomic E-state index is 12.0. The summed E-state index contributed by atoms with van der Waals surface area (Å²) in [6.45, 7) is 1.90. The van der Waals surface area contributed by atoms with Crippen LogP contribution in [0, 0.1) is 6.92 Å². The number of benzene rings is 2. The van der Waals surface area contributed by atoms with E-state index in [9.17, 15) is 4.79 Å². The lowest BCUT2D eigenvalue weighted by atomic mass is 10.1. The van der Waals surface area contributed by atoms with Gasteiger partial charge in [0.25, 0.3) is 5.91 Å². The van der Waals surface area contributed by atoms with E-state index >= 15 is 0 Å². The van der Waals surface area contributed by atoms with Crippen LogP contribution in [0.3, 0.4) is 0 Å². The van der Waals surface area contributed by atoms with Gasteiger partial charge >= 0.3 is 0 Å². The minimum Gasteiger partial charge on any atom is -0.397 e. The molecule has 4 heteroatoms. The first kappa shape index (κ1) is 12.5. The van der Waals surface area contributed by atoms with Crippen molar-refractivity contribution in [2.24, 2.45) is 0 Å². The molecular weight excluding hydrogens is 248 g/mol. The second-order valence-corrected chi connectivity index (χ2v) is 4.44. The minimum absolute atomic E-state index is 0.201. The monoisotopic (exact) mass is 260 g/mol. The van der Waals surface area contributed by atoms with Crippen molar-refractivity contribution in [3.63, 3.8) is 0 Å². The Morgan fingerprint density at radius 2 is 1.83 bits per heavy atom. The lowest BCUT2D eigenvalue weighted by molar-refractivity contribution is 0.102. The zero-order valence-corrected chi connectivity index (χ0v) is 10.7. The maximum absolute atomic E-state index is 12.0. The fourth-order valence-electron chi connectivity index (χ4n) is 1.65. The molecule has 2 aromatic carbocycles. The molecule has 92 valence electrons. The molecule has 2 aromatic rings. The molecule has 0 aliphatic heterocycles. The Kier molecular flexibility index (Phi) is 3.53. The smallest absolute Gasteiger partial charge is 0.255 e. The topological polar surface area (TPSA) is 55.1 Å². The molecule has 1 amide bonds. The van der Waals surface area contributed by atoms with Crippen molar-refractivity contribution in [2.45, 2.75) is 6.92 Å². The van der Waals surface area contributed by atoms with Crippen LogP contribution in [0.4, 0.5) is 11.4 Å². The summed E-state index contributed by atoms with van der Waals surface area (Å²) in [6, 6.07) is 12.2. The molecule has 0 aromatic heterocycles. The number of aryl methyl sites for hydroxylation is 1. The molecule has 0 unspecified atom stereocenters. The van der Waals surface area contributed by atoms with Crippen molar-refractivity contribution in [1.29, 1.82) is 0 Å². The number of halogens is 1. The summed E-state index contributed by atoms with van der Waals surface area (Å²) in [7, 11) is 0. The molecule has 0 aliphatic carbocycles. The molecule has 0 heterocycles. The van der Waals surface area contributed by atoms with Crippen molar-refractivity contribution in [3.8, 4) is 0 Å². The number of rotatable bonds is 2. The van der Waals surface area contributed by atoms with E-state index in [4.69, 9.17) is 17.3 Å². The van der Waals surface area contributed by atoms with Crippen molar-refractivity contribution >= 4 is 28.9 Å². The van der Waals surface area contributed by atoms with Gasteiger partial charge in [0.15, 0.2) is 0 Å². The molecule has 0 aliphatic rings. The highest BCUT2D eigenvalue weighted by molar-refractivity contribution is 6.30. The molecule has 0 bridgehead atoms. The number of nitrogen functional groups attached to an aromatic ring is 1. The second-order valence-electron chi connectivity index (χ2n) is 4.00. The van der Waals surface area contributed by atoms with Gasteiger partial charge < -0.3 is 11.1 Å². The lowest BCUT2D eigenvalue weighted by Crippen LogP contribution is -2.14. The predicted molar refractivity (Wildman–Crippen MR) is 75.0 cm³/mol. The van der Waals surface area contributed by atoms with E-state index in [-0.39, 0.29) is 5.91 Å². The van der Waals surface area contributed by atoms with E-state index in [0.717, 1.165) is 5.56 Å². The Hall–Kier alpha value is -2.00. The molecule has 3 nitrogen and oxygen atoms in total. The number of nitrogens with two attached hydrogens (primary N) is 1. The number of carbonyl (C=O) groups excluding carboxylic acids is 1. The normalized spacial score (nSPS) is 10.1. The van der Waals surface area contributed by atoms with Crippen molar-refractivity contribution < 1.29 is 4.79 Å². The van der Waals surface area contributed by atoms with Crippen LogP contribution in [-0.4, -0.2) is 5.91 Å². The third-order valence-corrected chi connectivity index (χ3v) is 2.90. The summed E-state index contributed by atoms with van der Waals surface area (Å²) in [4.78, 5) is 12.0. The number of anilines is 2. The minimum atomic E-state index is -0.201. The first-order valence-electron chi connectivity index (χ1n) is 5.50. The Morgan fingerprint density at radius 3 is 2.44 bits per heavy atom. The molecule has 3 N–H and O–H groups in total. The van der Waals surface area contributed by atoms with Crippen LogP contribution < -0.4 is 11.1 Å². The van der Waals surface area contributed by atoms with Gasteiger partial charge in [-0.25, -0.2) is 0 Å². The highest BCUT2D eigenvalue weighted by atomic mass is 35.5. The number of para-hydroxylation sites is 1. The van der Waals surface area contributed by atoms with E-state index in [1.54, 1.807) is 30.3 Å². The quantitative estimate of drug-likeness (QED) is 0.812. The summed E-state index contributed by atoms with van der Waals surface area (Å²) in [6.07, 6.45) is 0. The highest BCUT2D eigenvalue weighted by Gasteiger charge is 2.09.